The van der Waals surface area contributed by atoms with Crippen molar-refractivity contribution in [2.45, 2.75) is 44.8 Å². The predicted molar refractivity (Wildman–Crippen MR) is 70.1 cm³/mol. The molecule has 0 spiro atoms. The number of likely N-dealkylation sites (N-methyl/N-ethyl adjacent to an activating group) is 1. The Hall–Kier alpha value is 0.230. The summed E-state index contributed by atoms with van der Waals surface area (Å²) in [5.41, 5.74) is -0.113. The van der Waals surface area contributed by atoms with E-state index < -0.39 is 0 Å². The van der Waals surface area contributed by atoms with E-state index >= 15 is 0 Å². The lowest BCUT2D eigenvalue weighted by Gasteiger charge is -2.28. The van der Waals surface area contributed by atoms with Gasteiger partial charge < -0.3 is 15.2 Å². The van der Waals surface area contributed by atoms with Crippen molar-refractivity contribution in [3.05, 3.63) is 0 Å². The second-order valence-corrected chi connectivity index (χ2v) is 5.86. The van der Waals surface area contributed by atoms with Crippen molar-refractivity contribution in [1.82, 2.24) is 5.32 Å². The van der Waals surface area contributed by atoms with Gasteiger partial charge >= 0.3 is 0 Å². The molecule has 0 aromatic carbocycles. The van der Waals surface area contributed by atoms with Crippen molar-refractivity contribution < 1.29 is 9.84 Å². The largest absolute Gasteiger partial charge is 0.394 e. The summed E-state index contributed by atoms with van der Waals surface area (Å²) in [4.78, 5) is 0. The van der Waals surface area contributed by atoms with Crippen LogP contribution < -0.4 is 5.32 Å². The average Bonchev–Trinajstić information content (AvgIpc) is 2.78. The molecule has 1 fully saturated rings. The van der Waals surface area contributed by atoms with E-state index in [1.54, 1.807) is 0 Å². The minimum atomic E-state index is -0.113. The Morgan fingerprint density at radius 1 is 1.56 bits per heavy atom. The first kappa shape index (κ1) is 14.3. The molecule has 0 amide bonds. The van der Waals surface area contributed by atoms with Crippen LogP contribution in [0, 0.1) is 0 Å². The predicted octanol–water partition coefficient (Wildman–Crippen LogP) is 1.65. The fourth-order valence-corrected chi connectivity index (χ4v) is 3.23. The maximum Gasteiger partial charge on any atom is 0.0666 e. The van der Waals surface area contributed by atoms with Crippen LogP contribution in [0.5, 0.6) is 0 Å². The van der Waals surface area contributed by atoms with Crippen LogP contribution >= 0.6 is 11.8 Å². The van der Waals surface area contributed by atoms with E-state index in [9.17, 15) is 5.11 Å². The molecule has 96 valence electrons. The van der Waals surface area contributed by atoms with Gasteiger partial charge in [-0.05, 0) is 38.5 Å². The minimum absolute atomic E-state index is 0.113. The highest BCUT2D eigenvalue weighted by Crippen LogP contribution is 2.19. The molecule has 1 aliphatic rings. The van der Waals surface area contributed by atoms with E-state index in [1.807, 2.05) is 11.8 Å². The third-order valence-corrected chi connectivity index (χ3v) is 4.18. The van der Waals surface area contributed by atoms with Crippen LogP contribution in [0.15, 0.2) is 0 Å². The lowest BCUT2D eigenvalue weighted by Crippen LogP contribution is -2.46. The Bertz CT molecular complexity index is 186. The smallest absolute Gasteiger partial charge is 0.0666 e. The Morgan fingerprint density at radius 3 is 2.94 bits per heavy atom. The van der Waals surface area contributed by atoms with Gasteiger partial charge in [0.1, 0.15) is 0 Å². The number of hydrogen-bond acceptors (Lipinski definition) is 4. The molecule has 0 saturated carbocycles. The zero-order valence-corrected chi connectivity index (χ0v) is 11.3. The average molecular weight is 247 g/mol. The summed E-state index contributed by atoms with van der Waals surface area (Å²) in [6.45, 7) is 6.22. The molecule has 1 heterocycles. The fourth-order valence-electron chi connectivity index (χ4n) is 1.94. The zero-order chi connectivity index (χ0) is 11.9. The molecule has 0 aliphatic carbocycles. The van der Waals surface area contributed by atoms with Crippen LogP contribution in [0.25, 0.3) is 0 Å². The van der Waals surface area contributed by atoms with E-state index in [0.717, 1.165) is 31.1 Å². The second-order valence-electron chi connectivity index (χ2n) is 4.71. The maximum atomic E-state index is 9.33. The molecule has 16 heavy (non-hydrogen) atoms. The van der Waals surface area contributed by atoms with E-state index in [1.165, 1.54) is 12.8 Å². The van der Waals surface area contributed by atoms with E-state index in [-0.39, 0.29) is 12.1 Å². The molecular formula is C12H25NO2S. The van der Waals surface area contributed by atoms with Crippen LogP contribution in [0.4, 0.5) is 0 Å². The summed E-state index contributed by atoms with van der Waals surface area (Å²) in [7, 11) is 0. The van der Waals surface area contributed by atoms with E-state index in [4.69, 9.17) is 4.74 Å². The molecule has 4 heteroatoms. The van der Waals surface area contributed by atoms with Crippen molar-refractivity contribution in [1.29, 1.82) is 0 Å². The number of nitrogens with one attached hydrogen (secondary N) is 1. The van der Waals surface area contributed by atoms with Gasteiger partial charge in [0.15, 0.2) is 0 Å². The van der Waals surface area contributed by atoms with Gasteiger partial charge in [-0.2, -0.15) is 11.8 Å². The van der Waals surface area contributed by atoms with Crippen molar-refractivity contribution >= 4 is 11.8 Å². The quantitative estimate of drug-likeness (QED) is 0.640. The third-order valence-electron chi connectivity index (χ3n) is 3.08. The number of thioether (sulfide) groups is 1. The molecule has 2 unspecified atom stereocenters. The lowest BCUT2D eigenvalue weighted by atomic mass is 10.0. The summed E-state index contributed by atoms with van der Waals surface area (Å²) in [5, 5.41) is 12.7. The molecule has 3 nitrogen and oxygen atoms in total. The topological polar surface area (TPSA) is 41.5 Å². The van der Waals surface area contributed by atoms with Crippen LogP contribution in [0.2, 0.25) is 0 Å². The van der Waals surface area contributed by atoms with Gasteiger partial charge in [-0.3, -0.25) is 0 Å². The number of aliphatic hydroxyl groups excluding tert-OH is 1. The molecule has 2 N–H and O–H groups in total. The number of aliphatic hydroxyl groups is 1. The third kappa shape index (κ3) is 5.04. The van der Waals surface area contributed by atoms with Gasteiger partial charge in [0, 0.05) is 17.9 Å². The molecule has 0 aromatic rings. The highest BCUT2D eigenvalue weighted by Gasteiger charge is 2.22. The van der Waals surface area contributed by atoms with Crippen molar-refractivity contribution in [3.8, 4) is 0 Å². The highest BCUT2D eigenvalue weighted by atomic mass is 32.2. The summed E-state index contributed by atoms with van der Waals surface area (Å²) in [6.07, 6.45) is 3.92. The monoisotopic (exact) mass is 247 g/mol. The summed E-state index contributed by atoms with van der Waals surface area (Å²) < 4.78 is 5.57. The second kappa shape index (κ2) is 7.54. The summed E-state index contributed by atoms with van der Waals surface area (Å²) in [6, 6.07) is 0. The van der Waals surface area contributed by atoms with Crippen LogP contribution in [0.3, 0.4) is 0 Å². The van der Waals surface area contributed by atoms with E-state index in [0.29, 0.717) is 6.10 Å². The first-order chi connectivity index (χ1) is 7.70. The molecule has 1 saturated heterocycles. The Kier molecular flexibility index (Phi) is 6.73. The molecule has 0 bridgehead atoms. The first-order valence-corrected chi connectivity index (χ1v) is 7.41. The highest BCUT2D eigenvalue weighted by molar-refractivity contribution is 7.99. The summed E-state index contributed by atoms with van der Waals surface area (Å²) >= 11 is 1.94. The number of ether oxygens (including phenoxy) is 1. The Labute approximate surface area is 103 Å². The van der Waals surface area contributed by atoms with Crippen molar-refractivity contribution in [2.24, 2.45) is 0 Å². The van der Waals surface area contributed by atoms with Gasteiger partial charge in [-0.25, -0.2) is 0 Å². The molecule has 0 aromatic heterocycles. The van der Waals surface area contributed by atoms with Crippen LogP contribution in [-0.4, -0.2) is 48.0 Å². The van der Waals surface area contributed by atoms with Crippen LogP contribution in [-0.2, 0) is 4.74 Å². The first-order valence-electron chi connectivity index (χ1n) is 6.25. The Morgan fingerprint density at radius 2 is 2.38 bits per heavy atom. The van der Waals surface area contributed by atoms with E-state index in [2.05, 4.69) is 19.2 Å². The molecule has 1 rings (SSSR count). The van der Waals surface area contributed by atoms with Crippen molar-refractivity contribution in [2.75, 3.05) is 31.3 Å². The van der Waals surface area contributed by atoms with Gasteiger partial charge in [0.2, 0.25) is 0 Å². The van der Waals surface area contributed by atoms with Crippen molar-refractivity contribution in [3.63, 3.8) is 0 Å². The molecule has 0 radical (unpaired) electrons. The van der Waals surface area contributed by atoms with Crippen LogP contribution in [0.1, 0.15) is 33.1 Å². The molecule has 2 atom stereocenters. The summed E-state index contributed by atoms with van der Waals surface area (Å²) in [5.74, 6) is 2.19. The Balaban J connectivity index is 2.08. The SMILES string of the molecule is CCNC(C)(CO)CCSCC1CCCO1. The molecular weight excluding hydrogens is 222 g/mol. The normalized spacial score (nSPS) is 24.6. The van der Waals surface area contributed by atoms with Gasteiger partial charge in [0.25, 0.3) is 0 Å². The maximum absolute atomic E-state index is 9.33. The fraction of sp³-hybridized carbons (Fsp3) is 1.00. The number of hydrogen-bond donors (Lipinski definition) is 2. The van der Waals surface area contributed by atoms with Gasteiger partial charge in [0.05, 0.1) is 12.7 Å². The lowest BCUT2D eigenvalue weighted by molar-refractivity contribution is 0.129. The standard InChI is InChI=1S/C12H25NO2S/c1-3-13-12(2,10-14)6-8-16-9-11-5-4-7-15-11/h11,13-14H,3-10H2,1-2H3. The number of rotatable bonds is 8. The zero-order valence-electron chi connectivity index (χ0n) is 10.5. The van der Waals surface area contributed by atoms with Gasteiger partial charge in [-0.1, -0.05) is 6.92 Å². The van der Waals surface area contributed by atoms with Gasteiger partial charge in [-0.15, -0.1) is 0 Å². The molecule has 1 aliphatic heterocycles. The minimum Gasteiger partial charge on any atom is -0.394 e.